The van der Waals surface area contributed by atoms with Crippen LogP contribution in [-0.2, 0) is 43.0 Å². The van der Waals surface area contributed by atoms with Gasteiger partial charge in [-0.3, -0.25) is 24.0 Å². The Morgan fingerprint density at radius 1 is 0.565 bits per heavy atom. The molecular formula is C34H59NO11. The number of ketones is 3. The van der Waals surface area contributed by atoms with Gasteiger partial charge in [0, 0.05) is 45.3 Å². The molecule has 0 aliphatic carbocycles. The summed E-state index contributed by atoms with van der Waals surface area (Å²) in [6.45, 7) is 2.77. The van der Waals surface area contributed by atoms with Crippen molar-refractivity contribution < 1.29 is 53.2 Å². The van der Waals surface area contributed by atoms with Crippen LogP contribution in [0.3, 0.4) is 0 Å². The summed E-state index contributed by atoms with van der Waals surface area (Å²) in [6, 6.07) is 0. The first-order valence-corrected chi connectivity index (χ1v) is 17.1. The fourth-order valence-electron chi connectivity index (χ4n) is 4.75. The molecule has 12 nitrogen and oxygen atoms in total. The quantitative estimate of drug-likeness (QED) is 0.0773. The van der Waals surface area contributed by atoms with E-state index >= 15 is 0 Å². The van der Waals surface area contributed by atoms with Crippen molar-refractivity contribution in [1.29, 1.82) is 0 Å². The third-order valence-corrected chi connectivity index (χ3v) is 7.42. The summed E-state index contributed by atoms with van der Waals surface area (Å²) in [7, 11) is 0. The van der Waals surface area contributed by atoms with Gasteiger partial charge in [-0.15, -0.1) is 0 Å². The Labute approximate surface area is 274 Å². The van der Waals surface area contributed by atoms with Crippen LogP contribution in [0.4, 0.5) is 0 Å². The molecule has 0 aromatic rings. The SMILES string of the molecule is CC(=O)CC[C@H](CC(=O)COCC(=O)CCCOCCOCCNC(=O)CCCCCCCCCCCCCCC(=O)O)C(=O)O. The number of aliphatic carboxylic acids is 2. The van der Waals surface area contributed by atoms with Crippen molar-refractivity contribution in [3.05, 3.63) is 0 Å². The number of Topliss-reactive ketones (excluding diaryl/α,β-unsaturated/α-hetero) is 3. The molecule has 0 radical (unpaired) electrons. The van der Waals surface area contributed by atoms with Crippen LogP contribution in [0, 0.1) is 5.92 Å². The van der Waals surface area contributed by atoms with Crippen molar-refractivity contribution in [3.8, 4) is 0 Å². The highest BCUT2D eigenvalue weighted by Gasteiger charge is 2.21. The number of hydrogen-bond acceptors (Lipinski definition) is 9. The zero-order chi connectivity index (χ0) is 34.3. The van der Waals surface area contributed by atoms with Crippen molar-refractivity contribution in [2.24, 2.45) is 5.92 Å². The van der Waals surface area contributed by atoms with Gasteiger partial charge in [-0.2, -0.15) is 0 Å². The largest absolute Gasteiger partial charge is 0.481 e. The van der Waals surface area contributed by atoms with Crippen LogP contribution in [0.15, 0.2) is 0 Å². The summed E-state index contributed by atoms with van der Waals surface area (Å²) >= 11 is 0. The number of rotatable bonds is 35. The minimum atomic E-state index is -1.13. The highest BCUT2D eigenvalue weighted by molar-refractivity contribution is 5.85. The Morgan fingerprint density at radius 2 is 1.09 bits per heavy atom. The van der Waals surface area contributed by atoms with E-state index in [0.717, 1.165) is 38.5 Å². The minimum absolute atomic E-state index is 0.0373. The molecule has 0 fully saturated rings. The first kappa shape index (κ1) is 43.3. The molecule has 0 rings (SSSR count). The van der Waals surface area contributed by atoms with Crippen LogP contribution in [0.2, 0.25) is 0 Å². The Balaban J connectivity index is 3.46. The van der Waals surface area contributed by atoms with Gasteiger partial charge in [0.1, 0.15) is 19.0 Å². The summed E-state index contributed by atoms with van der Waals surface area (Å²) in [5.41, 5.74) is 0. The molecule has 0 heterocycles. The zero-order valence-electron chi connectivity index (χ0n) is 28.0. The molecule has 0 aliphatic heterocycles. The normalized spacial score (nSPS) is 11.7. The maximum Gasteiger partial charge on any atom is 0.306 e. The number of amides is 1. The van der Waals surface area contributed by atoms with E-state index in [9.17, 15) is 33.9 Å². The molecule has 0 aromatic heterocycles. The average Bonchev–Trinajstić information content (AvgIpc) is 2.99. The van der Waals surface area contributed by atoms with Gasteiger partial charge in [0.25, 0.3) is 0 Å². The molecule has 0 aliphatic rings. The van der Waals surface area contributed by atoms with Gasteiger partial charge in [-0.25, -0.2) is 0 Å². The predicted molar refractivity (Wildman–Crippen MR) is 173 cm³/mol. The maximum atomic E-state index is 11.9. The molecule has 0 aromatic carbocycles. The van der Waals surface area contributed by atoms with Gasteiger partial charge in [0.05, 0.1) is 25.7 Å². The monoisotopic (exact) mass is 657 g/mol. The molecule has 46 heavy (non-hydrogen) atoms. The lowest BCUT2D eigenvalue weighted by atomic mass is 9.96. The summed E-state index contributed by atoms with van der Waals surface area (Å²) in [6.07, 6.45) is 14.9. The van der Waals surface area contributed by atoms with Crippen LogP contribution < -0.4 is 5.32 Å². The van der Waals surface area contributed by atoms with Crippen molar-refractivity contribution in [2.45, 2.75) is 129 Å². The second kappa shape index (κ2) is 30.9. The van der Waals surface area contributed by atoms with E-state index in [2.05, 4.69) is 5.32 Å². The second-order valence-electron chi connectivity index (χ2n) is 11.9. The minimum Gasteiger partial charge on any atom is -0.481 e. The van der Waals surface area contributed by atoms with Gasteiger partial charge >= 0.3 is 11.9 Å². The van der Waals surface area contributed by atoms with Crippen LogP contribution in [0.1, 0.15) is 129 Å². The van der Waals surface area contributed by atoms with Gasteiger partial charge in [-0.05, 0) is 32.6 Å². The highest BCUT2D eigenvalue weighted by Crippen LogP contribution is 2.14. The second-order valence-corrected chi connectivity index (χ2v) is 11.9. The van der Waals surface area contributed by atoms with Crippen molar-refractivity contribution >= 4 is 35.2 Å². The number of nitrogens with one attached hydrogen (secondary N) is 1. The van der Waals surface area contributed by atoms with Crippen molar-refractivity contribution in [1.82, 2.24) is 5.32 Å². The number of carboxylic acids is 2. The summed E-state index contributed by atoms with van der Waals surface area (Å²) in [5, 5.41) is 20.6. The first-order chi connectivity index (χ1) is 22.1. The molecule has 12 heteroatoms. The molecule has 0 unspecified atom stereocenters. The summed E-state index contributed by atoms with van der Waals surface area (Å²) < 4.78 is 16.0. The number of unbranched alkanes of at least 4 members (excludes halogenated alkanes) is 11. The van der Waals surface area contributed by atoms with Gasteiger partial charge in [0.15, 0.2) is 11.6 Å². The molecule has 3 N–H and O–H groups in total. The number of carboxylic acid groups (broad SMARTS) is 2. The fourth-order valence-corrected chi connectivity index (χ4v) is 4.75. The topological polar surface area (TPSA) is 183 Å². The Morgan fingerprint density at radius 3 is 1.63 bits per heavy atom. The van der Waals surface area contributed by atoms with Crippen LogP contribution in [-0.4, -0.2) is 91.6 Å². The van der Waals surface area contributed by atoms with Gasteiger partial charge in [-0.1, -0.05) is 64.2 Å². The van der Waals surface area contributed by atoms with E-state index in [-0.39, 0.29) is 62.8 Å². The Bertz CT molecular complexity index is 862. The number of hydrogen-bond donors (Lipinski definition) is 3. The van der Waals surface area contributed by atoms with Crippen LogP contribution >= 0.6 is 0 Å². The summed E-state index contributed by atoms with van der Waals surface area (Å²) in [5.74, 6) is -3.47. The lowest BCUT2D eigenvalue weighted by molar-refractivity contribution is -0.145. The fraction of sp³-hybridized carbons (Fsp3) is 0.824. The average molecular weight is 658 g/mol. The van der Waals surface area contributed by atoms with E-state index in [1.54, 1.807) is 0 Å². The van der Waals surface area contributed by atoms with Gasteiger partial charge in [0.2, 0.25) is 5.91 Å². The Kier molecular flexibility index (Phi) is 29.1. The predicted octanol–water partition coefficient (Wildman–Crippen LogP) is 5.08. The lowest BCUT2D eigenvalue weighted by Gasteiger charge is -2.10. The van der Waals surface area contributed by atoms with E-state index in [0.29, 0.717) is 45.8 Å². The molecule has 0 bridgehead atoms. The smallest absolute Gasteiger partial charge is 0.306 e. The maximum absolute atomic E-state index is 11.9. The van der Waals surface area contributed by atoms with Crippen LogP contribution in [0.5, 0.6) is 0 Å². The van der Waals surface area contributed by atoms with Gasteiger partial charge < -0.3 is 34.5 Å². The molecule has 266 valence electrons. The highest BCUT2D eigenvalue weighted by atomic mass is 16.5. The molecule has 0 saturated heterocycles. The molecule has 0 spiro atoms. The first-order valence-electron chi connectivity index (χ1n) is 17.1. The number of carbonyl (C=O) groups excluding carboxylic acids is 4. The molecule has 1 amide bonds. The van der Waals surface area contributed by atoms with E-state index in [1.165, 1.54) is 45.4 Å². The van der Waals surface area contributed by atoms with E-state index < -0.39 is 23.6 Å². The Hall–Kier alpha value is -2.70. The van der Waals surface area contributed by atoms with Crippen molar-refractivity contribution in [3.63, 3.8) is 0 Å². The van der Waals surface area contributed by atoms with E-state index in [1.807, 2.05) is 0 Å². The molecule has 1 atom stereocenters. The number of carbonyl (C=O) groups is 6. The number of ether oxygens (including phenoxy) is 3. The standard InChI is InChI=1S/C34H59NO11/c1-28(36)18-19-29(34(42)43)25-31(38)27-46-26-30(37)15-14-21-44-23-24-45-22-20-35-32(39)16-12-10-8-6-4-2-3-5-7-9-11-13-17-33(40)41/h29H,2-27H2,1H3,(H,35,39)(H,40,41)(H,42,43)/t29-/m1/s1. The molecule has 0 saturated carbocycles. The van der Waals surface area contributed by atoms with Crippen LogP contribution in [0.25, 0.3) is 0 Å². The van der Waals surface area contributed by atoms with Crippen molar-refractivity contribution in [2.75, 3.05) is 46.2 Å². The molecular weight excluding hydrogens is 598 g/mol. The third kappa shape index (κ3) is 31.3. The zero-order valence-corrected chi connectivity index (χ0v) is 28.0. The summed E-state index contributed by atoms with van der Waals surface area (Å²) in [4.78, 5) is 68.5. The third-order valence-electron chi connectivity index (χ3n) is 7.42. The lowest BCUT2D eigenvalue weighted by Crippen LogP contribution is -2.27. The van der Waals surface area contributed by atoms with E-state index in [4.69, 9.17) is 19.3 Å².